The second-order valence-electron chi connectivity index (χ2n) is 4.28. The molecular weight excluding hydrogens is 236 g/mol. The first-order valence-electron chi connectivity index (χ1n) is 6.14. The van der Waals surface area contributed by atoms with Crippen LogP contribution >= 0.6 is 0 Å². The summed E-state index contributed by atoms with van der Waals surface area (Å²) in [6.45, 7) is 9.70. The molecule has 0 radical (unpaired) electrons. The van der Waals surface area contributed by atoms with E-state index in [2.05, 4.69) is 62.5 Å². The maximum atomic E-state index is 6.05. The first kappa shape index (κ1) is 12.8. The van der Waals surface area contributed by atoms with Gasteiger partial charge in [0.1, 0.15) is 0 Å². The van der Waals surface area contributed by atoms with Gasteiger partial charge < -0.3 is 4.43 Å². The highest BCUT2D eigenvalue weighted by Crippen LogP contribution is 2.26. The standard InChI is InChI=1S/C16H18OSi/c1-4-18(5-2)17-13(3)15-12-8-10-14-9-6-7-11-16(14)15/h4-13,18H,1-2H2,3H3. The summed E-state index contributed by atoms with van der Waals surface area (Å²) in [6, 6.07) is 14.7. The molecule has 0 saturated heterocycles. The molecule has 1 nitrogen and oxygen atoms in total. The lowest BCUT2D eigenvalue weighted by molar-refractivity contribution is 0.237. The highest BCUT2D eigenvalue weighted by Gasteiger charge is 2.12. The fourth-order valence-corrected chi connectivity index (χ4v) is 3.15. The molecule has 0 aliphatic carbocycles. The molecule has 18 heavy (non-hydrogen) atoms. The van der Waals surface area contributed by atoms with Crippen LogP contribution in [0.5, 0.6) is 0 Å². The van der Waals surface area contributed by atoms with Crippen LogP contribution in [-0.2, 0) is 4.43 Å². The van der Waals surface area contributed by atoms with Crippen molar-refractivity contribution in [3.8, 4) is 0 Å². The Bertz CT molecular complexity index is 549. The van der Waals surface area contributed by atoms with Crippen molar-refractivity contribution in [1.82, 2.24) is 0 Å². The van der Waals surface area contributed by atoms with Crippen LogP contribution in [0.4, 0.5) is 0 Å². The van der Waals surface area contributed by atoms with Gasteiger partial charge in [-0.05, 0) is 23.3 Å². The molecule has 2 aromatic carbocycles. The topological polar surface area (TPSA) is 9.23 Å². The maximum absolute atomic E-state index is 6.05. The first-order valence-corrected chi connectivity index (χ1v) is 7.95. The highest BCUT2D eigenvalue weighted by molar-refractivity contribution is 6.62. The summed E-state index contributed by atoms with van der Waals surface area (Å²) in [5.74, 6) is 0. The summed E-state index contributed by atoms with van der Waals surface area (Å²) in [5, 5.41) is 2.51. The van der Waals surface area contributed by atoms with Gasteiger partial charge in [-0.2, -0.15) is 0 Å². The van der Waals surface area contributed by atoms with E-state index in [4.69, 9.17) is 4.43 Å². The lowest BCUT2D eigenvalue weighted by Crippen LogP contribution is -2.15. The Morgan fingerprint density at radius 2 is 1.72 bits per heavy atom. The molecule has 0 saturated carbocycles. The Balaban J connectivity index is 2.35. The summed E-state index contributed by atoms with van der Waals surface area (Å²) in [6.07, 6.45) is 0.0729. The van der Waals surface area contributed by atoms with E-state index in [1.165, 1.54) is 16.3 Å². The molecule has 2 rings (SSSR count). The molecule has 2 heteroatoms. The quantitative estimate of drug-likeness (QED) is 0.730. The third kappa shape index (κ3) is 2.60. The Morgan fingerprint density at radius 1 is 1.06 bits per heavy atom. The van der Waals surface area contributed by atoms with Gasteiger partial charge in [-0.3, -0.25) is 0 Å². The molecule has 0 spiro atoms. The molecule has 0 amide bonds. The predicted molar refractivity (Wildman–Crippen MR) is 81.0 cm³/mol. The zero-order chi connectivity index (χ0) is 13.0. The number of hydrogen-bond acceptors (Lipinski definition) is 1. The zero-order valence-corrected chi connectivity index (χ0v) is 11.8. The van der Waals surface area contributed by atoms with E-state index in [9.17, 15) is 0 Å². The number of benzene rings is 2. The minimum Gasteiger partial charge on any atom is -0.406 e. The predicted octanol–water partition coefficient (Wildman–Crippen LogP) is 4.09. The van der Waals surface area contributed by atoms with Gasteiger partial charge in [0, 0.05) is 0 Å². The Morgan fingerprint density at radius 3 is 2.44 bits per heavy atom. The van der Waals surface area contributed by atoms with E-state index >= 15 is 0 Å². The van der Waals surface area contributed by atoms with Crippen molar-refractivity contribution in [2.75, 3.05) is 0 Å². The summed E-state index contributed by atoms with van der Waals surface area (Å²) in [5.41, 5.74) is 5.03. The normalized spacial score (nSPS) is 12.6. The largest absolute Gasteiger partial charge is 0.406 e. The van der Waals surface area contributed by atoms with Crippen molar-refractivity contribution in [2.24, 2.45) is 0 Å². The zero-order valence-electron chi connectivity index (χ0n) is 10.7. The third-order valence-electron chi connectivity index (χ3n) is 3.09. The van der Waals surface area contributed by atoms with Gasteiger partial charge in [-0.1, -0.05) is 53.9 Å². The van der Waals surface area contributed by atoms with E-state index in [1.54, 1.807) is 0 Å². The molecule has 0 fully saturated rings. The van der Waals surface area contributed by atoms with Gasteiger partial charge in [-0.15, -0.1) is 13.2 Å². The van der Waals surface area contributed by atoms with E-state index in [0.717, 1.165) is 0 Å². The first-order chi connectivity index (χ1) is 8.76. The summed E-state index contributed by atoms with van der Waals surface area (Å²) in [7, 11) is -1.47. The van der Waals surface area contributed by atoms with Crippen molar-refractivity contribution >= 4 is 19.8 Å². The second-order valence-corrected chi connectivity index (χ2v) is 6.43. The number of hydrogen-bond donors (Lipinski definition) is 0. The molecule has 2 aromatic rings. The Labute approximate surface area is 110 Å². The van der Waals surface area contributed by atoms with Crippen LogP contribution in [0.1, 0.15) is 18.6 Å². The maximum Gasteiger partial charge on any atom is 0.225 e. The Kier molecular flexibility index (Phi) is 4.13. The summed E-state index contributed by atoms with van der Waals surface area (Å²) < 4.78 is 6.05. The molecule has 0 aliphatic rings. The van der Waals surface area contributed by atoms with Crippen LogP contribution in [0.15, 0.2) is 67.0 Å². The fraction of sp³-hybridized carbons (Fsp3) is 0.125. The molecule has 1 unspecified atom stereocenters. The van der Waals surface area contributed by atoms with Crippen LogP contribution in [0.3, 0.4) is 0 Å². The van der Waals surface area contributed by atoms with Crippen LogP contribution in [-0.4, -0.2) is 9.04 Å². The lowest BCUT2D eigenvalue weighted by atomic mass is 10.0. The average molecular weight is 254 g/mol. The monoisotopic (exact) mass is 254 g/mol. The van der Waals surface area contributed by atoms with Gasteiger partial charge in [0.2, 0.25) is 9.04 Å². The average Bonchev–Trinajstić information content (AvgIpc) is 2.43. The highest BCUT2D eigenvalue weighted by atomic mass is 28.3. The molecule has 0 aliphatic heterocycles. The lowest BCUT2D eigenvalue weighted by Gasteiger charge is -2.18. The van der Waals surface area contributed by atoms with Gasteiger partial charge in [0.25, 0.3) is 0 Å². The van der Waals surface area contributed by atoms with Crippen molar-refractivity contribution in [3.63, 3.8) is 0 Å². The SMILES string of the molecule is C=C[SiH](C=C)OC(C)c1cccc2ccccc12. The van der Waals surface area contributed by atoms with Crippen LogP contribution in [0.25, 0.3) is 10.8 Å². The minimum absolute atomic E-state index is 0.0729. The smallest absolute Gasteiger partial charge is 0.225 e. The number of rotatable bonds is 5. The van der Waals surface area contributed by atoms with Crippen molar-refractivity contribution < 1.29 is 4.43 Å². The van der Waals surface area contributed by atoms with Crippen LogP contribution in [0, 0.1) is 0 Å². The van der Waals surface area contributed by atoms with E-state index in [-0.39, 0.29) is 6.10 Å². The van der Waals surface area contributed by atoms with Gasteiger partial charge in [0.15, 0.2) is 0 Å². The fourth-order valence-electron chi connectivity index (χ4n) is 2.12. The molecule has 1 atom stereocenters. The Hall–Kier alpha value is -1.64. The molecule has 0 aromatic heterocycles. The molecule has 0 heterocycles. The molecule has 0 N–H and O–H groups in total. The molecule has 92 valence electrons. The van der Waals surface area contributed by atoms with E-state index in [1.807, 2.05) is 11.4 Å². The second kappa shape index (κ2) is 5.80. The molecule has 0 bridgehead atoms. The van der Waals surface area contributed by atoms with Gasteiger partial charge in [-0.25, -0.2) is 0 Å². The molecular formula is C16H18OSi. The van der Waals surface area contributed by atoms with Crippen LogP contribution < -0.4 is 0 Å². The van der Waals surface area contributed by atoms with E-state index in [0.29, 0.717) is 0 Å². The van der Waals surface area contributed by atoms with Crippen LogP contribution in [0.2, 0.25) is 0 Å². The van der Waals surface area contributed by atoms with E-state index < -0.39 is 9.04 Å². The summed E-state index contributed by atoms with van der Waals surface area (Å²) >= 11 is 0. The van der Waals surface area contributed by atoms with Crippen molar-refractivity contribution in [1.29, 1.82) is 0 Å². The minimum atomic E-state index is -1.47. The van der Waals surface area contributed by atoms with Crippen molar-refractivity contribution in [3.05, 3.63) is 72.6 Å². The van der Waals surface area contributed by atoms with Gasteiger partial charge in [0.05, 0.1) is 6.10 Å². The number of fused-ring (bicyclic) bond motifs is 1. The van der Waals surface area contributed by atoms with Gasteiger partial charge >= 0.3 is 0 Å². The third-order valence-corrected chi connectivity index (χ3v) is 4.74. The summed E-state index contributed by atoms with van der Waals surface area (Å²) in [4.78, 5) is 0. The van der Waals surface area contributed by atoms with Crippen molar-refractivity contribution in [2.45, 2.75) is 13.0 Å².